The fourth-order valence-corrected chi connectivity index (χ4v) is 3.32. The van der Waals surface area contributed by atoms with Gasteiger partial charge in [0.05, 0.1) is 0 Å². The summed E-state index contributed by atoms with van der Waals surface area (Å²) < 4.78 is 0. The number of nitrogens with zero attached hydrogens (tertiary/aromatic N) is 2. The summed E-state index contributed by atoms with van der Waals surface area (Å²) in [5.74, 6) is -0.162. The fraction of sp³-hybridized carbons (Fsp3) is 0.455. The molecule has 0 saturated carbocycles. The molecule has 3 rings (SSSR count). The first-order valence-corrected chi connectivity index (χ1v) is 9.56. The SMILES string of the molecule is CC(C)(C)c1ccc(NC(=O)c2cc(N3CCCCCC3)ccn2)cc1. The second kappa shape index (κ2) is 7.90. The van der Waals surface area contributed by atoms with Crippen LogP contribution in [0.15, 0.2) is 42.6 Å². The third-order valence-electron chi connectivity index (χ3n) is 4.96. The Morgan fingerprint density at radius 2 is 1.65 bits per heavy atom. The predicted molar refractivity (Wildman–Crippen MR) is 108 cm³/mol. The minimum Gasteiger partial charge on any atom is -0.371 e. The van der Waals surface area contributed by atoms with Crippen molar-refractivity contribution in [2.75, 3.05) is 23.3 Å². The van der Waals surface area contributed by atoms with Gasteiger partial charge in [-0.1, -0.05) is 45.7 Å². The van der Waals surface area contributed by atoms with E-state index in [1.54, 1.807) is 6.20 Å². The number of benzene rings is 1. The normalized spacial score (nSPS) is 15.4. The van der Waals surface area contributed by atoms with Crippen LogP contribution >= 0.6 is 0 Å². The maximum atomic E-state index is 12.6. The van der Waals surface area contributed by atoms with Crippen molar-refractivity contribution in [2.45, 2.75) is 51.9 Å². The molecule has 1 aliphatic rings. The molecule has 4 heteroatoms. The van der Waals surface area contributed by atoms with Gasteiger partial charge in [0.2, 0.25) is 0 Å². The number of carbonyl (C=O) groups is 1. The molecule has 0 atom stereocenters. The van der Waals surface area contributed by atoms with Crippen molar-refractivity contribution in [1.82, 2.24) is 4.98 Å². The maximum absolute atomic E-state index is 12.6. The molecule has 1 N–H and O–H groups in total. The molecule has 1 aliphatic heterocycles. The van der Waals surface area contributed by atoms with Crippen LogP contribution in [0.5, 0.6) is 0 Å². The summed E-state index contributed by atoms with van der Waals surface area (Å²) in [6.45, 7) is 8.65. The van der Waals surface area contributed by atoms with E-state index in [1.807, 2.05) is 24.3 Å². The van der Waals surface area contributed by atoms with Crippen molar-refractivity contribution in [3.63, 3.8) is 0 Å². The lowest BCUT2D eigenvalue weighted by Gasteiger charge is -2.22. The van der Waals surface area contributed by atoms with Gasteiger partial charge in [-0.2, -0.15) is 0 Å². The summed E-state index contributed by atoms with van der Waals surface area (Å²) in [4.78, 5) is 19.2. The molecule has 0 spiro atoms. The van der Waals surface area contributed by atoms with Gasteiger partial charge in [-0.3, -0.25) is 9.78 Å². The van der Waals surface area contributed by atoms with E-state index < -0.39 is 0 Å². The number of nitrogens with one attached hydrogen (secondary N) is 1. The maximum Gasteiger partial charge on any atom is 0.274 e. The molecule has 1 fully saturated rings. The third kappa shape index (κ3) is 4.63. The zero-order chi connectivity index (χ0) is 18.6. The Morgan fingerprint density at radius 1 is 1.00 bits per heavy atom. The summed E-state index contributed by atoms with van der Waals surface area (Å²) in [6, 6.07) is 12.0. The van der Waals surface area contributed by atoms with Crippen LogP contribution in [-0.2, 0) is 5.41 Å². The number of pyridine rings is 1. The van der Waals surface area contributed by atoms with E-state index in [2.05, 4.69) is 48.1 Å². The minimum atomic E-state index is -0.162. The Balaban J connectivity index is 1.70. The van der Waals surface area contributed by atoms with Crippen molar-refractivity contribution in [3.05, 3.63) is 53.9 Å². The molecule has 1 aromatic heterocycles. The van der Waals surface area contributed by atoms with Gasteiger partial charge in [0.15, 0.2) is 0 Å². The van der Waals surface area contributed by atoms with Crippen molar-refractivity contribution in [1.29, 1.82) is 0 Å². The highest BCUT2D eigenvalue weighted by Gasteiger charge is 2.15. The molecule has 138 valence electrons. The van der Waals surface area contributed by atoms with E-state index in [9.17, 15) is 4.79 Å². The second-order valence-corrected chi connectivity index (χ2v) is 8.08. The molecule has 4 nitrogen and oxygen atoms in total. The van der Waals surface area contributed by atoms with Gasteiger partial charge in [-0.25, -0.2) is 0 Å². The van der Waals surface area contributed by atoms with Gasteiger partial charge in [0.1, 0.15) is 5.69 Å². The number of anilines is 2. The largest absolute Gasteiger partial charge is 0.371 e. The number of hydrogen-bond acceptors (Lipinski definition) is 3. The quantitative estimate of drug-likeness (QED) is 0.845. The number of hydrogen-bond donors (Lipinski definition) is 1. The molecule has 0 unspecified atom stereocenters. The monoisotopic (exact) mass is 351 g/mol. The van der Waals surface area contributed by atoms with E-state index in [4.69, 9.17) is 0 Å². The zero-order valence-corrected chi connectivity index (χ0v) is 16.1. The Kier molecular flexibility index (Phi) is 5.60. The number of aromatic nitrogens is 1. The molecule has 2 heterocycles. The first-order valence-electron chi connectivity index (χ1n) is 9.56. The molecule has 26 heavy (non-hydrogen) atoms. The van der Waals surface area contributed by atoms with Crippen molar-refractivity contribution < 1.29 is 4.79 Å². The van der Waals surface area contributed by atoms with Crippen molar-refractivity contribution in [3.8, 4) is 0 Å². The minimum absolute atomic E-state index is 0.103. The standard InChI is InChI=1S/C22H29N3O/c1-22(2,3)17-8-10-18(11-9-17)24-21(26)20-16-19(12-13-23-20)25-14-6-4-5-7-15-25/h8-13,16H,4-7,14-15H2,1-3H3,(H,24,26). The van der Waals surface area contributed by atoms with Crippen LogP contribution < -0.4 is 10.2 Å². The topological polar surface area (TPSA) is 45.2 Å². The summed E-state index contributed by atoms with van der Waals surface area (Å²) in [5.41, 5.74) is 3.70. The molecule has 0 bridgehead atoms. The zero-order valence-electron chi connectivity index (χ0n) is 16.1. The van der Waals surface area contributed by atoms with Gasteiger partial charge in [0, 0.05) is 30.7 Å². The van der Waals surface area contributed by atoms with Crippen LogP contribution in [0.2, 0.25) is 0 Å². The smallest absolute Gasteiger partial charge is 0.274 e. The van der Waals surface area contributed by atoms with Gasteiger partial charge in [0.25, 0.3) is 5.91 Å². The number of rotatable bonds is 3. The van der Waals surface area contributed by atoms with Gasteiger partial charge in [-0.15, -0.1) is 0 Å². The van der Waals surface area contributed by atoms with Crippen LogP contribution in [0.3, 0.4) is 0 Å². The van der Waals surface area contributed by atoms with Gasteiger partial charge < -0.3 is 10.2 Å². The summed E-state index contributed by atoms with van der Waals surface area (Å²) in [6.07, 6.45) is 6.74. The van der Waals surface area contributed by atoms with Crippen LogP contribution in [0.25, 0.3) is 0 Å². The van der Waals surface area contributed by atoms with Crippen molar-refractivity contribution >= 4 is 17.3 Å². The fourth-order valence-electron chi connectivity index (χ4n) is 3.32. The highest BCUT2D eigenvalue weighted by molar-refractivity contribution is 6.03. The highest BCUT2D eigenvalue weighted by atomic mass is 16.1. The average Bonchev–Trinajstić information content (AvgIpc) is 2.91. The number of amides is 1. The predicted octanol–water partition coefficient (Wildman–Crippen LogP) is 5.01. The summed E-state index contributed by atoms with van der Waals surface area (Å²) in [5, 5.41) is 2.96. The third-order valence-corrected chi connectivity index (χ3v) is 4.96. The lowest BCUT2D eigenvalue weighted by atomic mass is 9.87. The van der Waals surface area contributed by atoms with Gasteiger partial charge >= 0.3 is 0 Å². The Morgan fingerprint density at radius 3 is 2.27 bits per heavy atom. The first-order chi connectivity index (χ1) is 12.4. The second-order valence-electron chi connectivity index (χ2n) is 8.08. The van der Waals surface area contributed by atoms with E-state index in [0.717, 1.165) is 24.5 Å². The molecule has 1 saturated heterocycles. The summed E-state index contributed by atoms with van der Waals surface area (Å²) in [7, 11) is 0. The highest BCUT2D eigenvalue weighted by Crippen LogP contribution is 2.24. The molecular formula is C22H29N3O. The summed E-state index contributed by atoms with van der Waals surface area (Å²) >= 11 is 0. The van der Waals surface area contributed by atoms with Gasteiger partial charge in [-0.05, 0) is 48.1 Å². The van der Waals surface area contributed by atoms with E-state index in [1.165, 1.54) is 31.2 Å². The van der Waals surface area contributed by atoms with Crippen LogP contribution in [-0.4, -0.2) is 24.0 Å². The lowest BCUT2D eigenvalue weighted by molar-refractivity contribution is 0.102. The Labute approximate surface area is 156 Å². The van der Waals surface area contributed by atoms with Crippen LogP contribution in [0.1, 0.15) is 62.5 Å². The molecule has 0 aliphatic carbocycles. The molecule has 2 aromatic rings. The Hall–Kier alpha value is -2.36. The van der Waals surface area contributed by atoms with E-state index in [0.29, 0.717) is 5.69 Å². The average molecular weight is 351 g/mol. The van der Waals surface area contributed by atoms with E-state index in [-0.39, 0.29) is 11.3 Å². The van der Waals surface area contributed by atoms with Crippen LogP contribution in [0, 0.1) is 0 Å². The molecule has 1 amide bonds. The molecular weight excluding hydrogens is 322 g/mol. The van der Waals surface area contributed by atoms with Crippen molar-refractivity contribution in [2.24, 2.45) is 0 Å². The molecule has 0 radical (unpaired) electrons. The Bertz CT molecular complexity index is 739. The van der Waals surface area contributed by atoms with Crippen LogP contribution in [0.4, 0.5) is 11.4 Å². The molecule has 1 aromatic carbocycles. The van der Waals surface area contributed by atoms with E-state index >= 15 is 0 Å². The first kappa shape index (κ1) is 18.4. The number of carbonyl (C=O) groups excluding carboxylic acids is 1. The lowest BCUT2D eigenvalue weighted by Crippen LogP contribution is -2.24.